The van der Waals surface area contributed by atoms with Gasteiger partial charge in [-0.25, -0.2) is 0 Å². The van der Waals surface area contributed by atoms with E-state index in [0.717, 1.165) is 30.5 Å². The number of ether oxygens (including phenoxy) is 1. The van der Waals surface area contributed by atoms with Crippen LogP contribution in [0.15, 0.2) is 59.6 Å². The van der Waals surface area contributed by atoms with Gasteiger partial charge in [0.25, 0.3) is 0 Å². The highest BCUT2D eigenvalue weighted by molar-refractivity contribution is 5.94. The summed E-state index contributed by atoms with van der Waals surface area (Å²) in [6.45, 7) is 2.32. The molecule has 0 saturated heterocycles. The summed E-state index contributed by atoms with van der Waals surface area (Å²) in [4.78, 5) is 4.29. The third-order valence-corrected chi connectivity index (χ3v) is 3.04. The van der Waals surface area contributed by atoms with E-state index in [1.54, 1.807) is 0 Å². The van der Waals surface area contributed by atoms with Gasteiger partial charge in [-0.3, -0.25) is 4.99 Å². The average molecular weight is 267 g/mol. The topological polar surface area (TPSA) is 45.6 Å². The Kier molecular flexibility index (Phi) is 3.83. The monoisotopic (exact) mass is 267 g/mol. The van der Waals surface area contributed by atoms with Crippen molar-refractivity contribution in [3.05, 3.63) is 60.2 Å². The van der Waals surface area contributed by atoms with Crippen molar-refractivity contribution in [1.82, 2.24) is 5.32 Å². The van der Waals surface area contributed by atoms with Crippen LogP contribution in [-0.4, -0.2) is 19.0 Å². The molecule has 20 heavy (non-hydrogen) atoms. The Labute approximate surface area is 118 Å². The molecule has 3 rings (SSSR count). The summed E-state index contributed by atoms with van der Waals surface area (Å²) >= 11 is 0. The van der Waals surface area contributed by atoms with Crippen LogP contribution >= 0.6 is 0 Å². The Balaban J connectivity index is 1.56. The molecule has 1 aliphatic rings. The first-order valence-corrected chi connectivity index (χ1v) is 6.72. The molecule has 0 aromatic heterocycles. The van der Waals surface area contributed by atoms with Crippen LogP contribution < -0.4 is 15.4 Å². The molecule has 4 heteroatoms. The Morgan fingerprint density at radius 1 is 1.05 bits per heavy atom. The first-order valence-electron chi connectivity index (χ1n) is 6.72. The van der Waals surface area contributed by atoms with E-state index in [1.165, 1.54) is 5.56 Å². The molecule has 0 unspecified atom stereocenters. The van der Waals surface area contributed by atoms with Crippen LogP contribution in [0.4, 0.5) is 5.69 Å². The van der Waals surface area contributed by atoms with E-state index in [1.807, 2.05) is 42.5 Å². The van der Waals surface area contributed by atoms with E-state index >= 15 is 0 Å². The molecule has 102 valence electrons. The second kappa shape index (κ2) is 6.10. The number of nitrogens with zero attached hydrogens (tertiary/aromatic N) is 1. The summed E-state index contributed by atoms with van der Waals surface area (Å²) in [5.74, 6) is 1.70. The van der Waals surface area contributed by atoms with Gasteiger partial charge in [0.15, 0.2) is 5.96 Å². The van der Waals surface area contributed by atoms with Crippen LogP contribution in [-0.2, 0) is 6.61 Å². The van der Waals surface area contributed by atoms with Gasteiger partial charge in [0, 0.05) is 12.2 Å². The molecule has 0 aliphatic carbocycles. The number of benzene rings is 2. The highest BCUT2D eigenvalue weighted by Gasteiger charge is 2.04. The zero-order valence-electron chi connectivity index (χ0n) is 11.2. The van der Waals surface area contributed by atoms with Crippen molar-refractivity contribution in [2.24, 2.45) is 4.99 Å². The van der Waals surface area contributed by atoms with E-state index in [9.17, 15) is 0 Å². The van der Waals surface area contributed by atoms with Crippen LogP contribution in [0.25, 0.3) is 0 Å². The molecular weight excluding hydrogens is 250 g/mol. The molecular formula is C16H17N3O. The van der Waals surface area contributed by atoms with Crippen molar-refractivity contribution in [3.63, 3.8) is 0 Å². The third-order valence-electron chi connectivity index (χ3n) is 3.04. The van der Waals surface area contributed by atoms with Crippen molar-refractivity contribution in [1.29, 1.82) is 0 Å². The fourth-order valence-electron chi connectivity index (χ4n) is 1.99. The highest BCUT2D eigenvalue weighted by atomic mass is 16.5. The Morgan fingerprint density at radius 3 is 2.55 bits per heavy atom. The number of guanidine groups is 1. The summed E-state index contributed by atoms with van der Waals surface area (Å²) in [5, 5.41) is 6.40. The van der Waals surface area contributed by atoms with Gasteiger partial charge in [-0.05, 0) is 29.8 Å². The maximum Gasteiger partial charge on any atom is 0.195 e. The molecule has 0 amide bonds. The van der Waals surface area contributed by atoms with Crippen molar-refractivity contribution in [3.8, 4) is 5.75 Å². The van der Waals surface area contributed by atoms with Crippen LogP contribution in [0.1, 0.15) is 5.56 Å². The quantitative estimate of drug-likeness (QED) is 0.895. The van der Waals surface area contributed by atoms with Gasteiger partial charge in [0.1, 0.15) is 12.4 Å². The molecule has 1 heterocycles. The minimum atomic E-state index is 0.585. The maximum atomic E-state index is 5.74. The van der Waals surface area contributed by atoms with E-state index in [-0.39, 0.29) is 0 Å². The van der Waals surface area contributed by atoms with Crippen molar-refractivity contribution in [2.75, 3.05) is 18.4 Å². The van der Waals surface area contributed by atoms with Crippen molar-refractivity contribution in [2.45, 2.75) is 6.61 Å². The smallest absolute Gasteiger partial charge is 0.195 e. The van der Waals surface area contributed by atoms with E-state index in [0.29, 0.717) is 6.61 Å². The van der Waals surface area contributed by atoms with Gasteiger partial charge >= 0.3 is 0 Å². The lowest BCUT2D eigenvalue weighted by atomic mass is 10.2. The maximum absolute atomic E-state index is 5.74. The zero-order chi connectivity index (χ0) is 13.6. The normalized spacial score (nSPS) is 13.5. The molecule has 4 nitrogen and oxygen atoms in total. The summed E-state index contributed by atoms with van der Waals surface area (Å²) in [6, 6.07) is 18.0. The standard InChI is InChI=1S/C16H17N3O/c1-2-4-13(5-3-1)12-20-15-8-6-14(7-9-15)19-16-17-10-11-18-16/h1-9H,10-12H2,(H2,17,18,19). The van der Waals surface area contributed by atoms with Crippen molar-refractivity contribution >= 4 is 11.6 Å². The van der Waals surface area contributed by atoms with Crippen LogP contribution in [0.3, 0.4) is 0 Å². The second-order valence-electron chi connectivity index (χ2n) is 4.58. The van der Waals surface area contributed by atoms with E-state index in [4.69, 9.17) is 4.74 Å². The minimum Gasteiger partial charge on any atom is -0.489 e. The molecule has 0 saturated carbocycles. The first-order chi connectivity index (χ1) is 9.90. The van der Waals surface area contributed by atoms with Gasteiger partial charge in [-0.1, -0.05) is 30.3 Å². The molecule has 0 atom stereocenters. The fraction of sp³-hybridized carbons (Fsp3) is 0.188. The second-order valence-corrected chi connectivity index (χ2v) is 4.58. The summed E-state index contributed by atoms with van der Waals surface area (Å²) < 4.78 is 5.74. The fourth-order valence-corrected chi connectivity index (χ4v) is 1.99. The molecule has 2 aromatic carbocycles. The number of aliphatic imine (C=N–C) groups is 1. The Morgan fingerprint density at radius 2 is 1.85 bits per heavy atom. The molecule has 2 N–H and O–H groups in total. The summed E-state index contributed by atoms with van der Waals surface area (Å²) in [7, 11) is 0. The third kappa shape index (κ3) is 3.29. The predicted octanol–water partition coefficient (Wildman–Crippen LogP) is 2.64. The lowest BCUT2D eigenvalue weighted by molar-refractivity contribution is 0.306. The van der Waals surface area contributed by atoms with Crippen LogP contribution in [0.2, 0.25) is 0 Å². The largest absolute Gasteiger partial charge is 0.489 e. The number of hydrogen-bond donors (Lipinski definition) is 2. The summed E-state index contributed by atoms with van der Waals surface area (Å²) in [6.07, 6.45) is 0. The lowest BCUT2D eigenvalue weighted by Crippen LogP contribution is -2.26. The van der Waals surface area contributed by atoms with Crippen LogP contribution in [0.5, 0.6) is 5.75 Å². The predicted molar refractivity (Wildman–Crippen MR) is 81.1 cm³/mol. The molecule has 0 bridgehead atoms. The molecule has 0 fully saturated rings. The Bertz CT molecular complexity index is 578. The van der Waals surface area contributed by atoms with Gasteiger partial charge in [-0.15, -0.1) is 0 Å². The lowest BCUT2D eigenvalue weighted by Gasteiger charge is -2.09. The van der Waals surface area contributed by atoms with Crippen molar-refractivity contribution < 1.29 is 4.74 Å². The van der Waals surface area contributed by atoms with E-state index < -0.39 is 0 Å². The van der Waals surface area contributed by atoms with E-state index in [2.05, 4.69) is 27.8 Å². The van der Waals surface area contributed by atoms with Gasteiger partial charge < -0.3 is 15.4 Å². The van der Waals surface area contributed by atoms with Gasteiger partial charge in [0.2, 0.25) is 0 Å². The summed E-state index contributed by atoms with van der Waals surface area (Å²) in [5.41, 5.74) is 2.17. The molecule has 2 aromatic rings. The number of hydrogen-bond acceptors (Lipinski definition) is 4. The average Bonchev–Trinajstić information content (AvgIpc) is 3.01. The molecule has 0 spiro atoms. The number of rotatable bonds is 4. The number of nitrogens with one attached hydrogen (secondary N) is 2. The first kappa shape index (κ1) is 12.5. The SMILES string of the molecule is c1ccc(COc2ccc(NC3=NCCN3)cc2)cc1. The van der Waals surface area contributed by atoms with Crippen LogP contribution in [0, 0.1) is 0 Å². The van der Waals surface area contributed by atoms with Gasteiger partial charge in [0.05, 0.1) is 6.54 Å². The minimum absolute atomic E-state index is 0.585. The zero-order valence-corrected chi connectivity index (χ0v) is 11.2. The van der Waals surface area contributed by atoms with Gasteiger partial charge in [-0.2, -0.15) is 0 Å². The molecule has 0 radical (unpaired) electrons. The number of anilines is 1. The highest BCUT2D eigenvalue weighted by Crippen LogP contribution is 2.17. The Hall–Kier alpha value is -2.49. The molecule has 1 aliphatic heterocycles.